The predicted octanol–water partition coefficient (Wildman–Crippen LogP) is 3.52. The number of carbonyl (C=O) groups excluding carboxylic acids is 2. The van der Waals surface area contributed by atoms with Gasteiger partial charge in [0.15, 0.2) is 0 Å². The second-order valence-corrected chi connectivity index (χ2v) is 8.89. The van der Waals surface area contributed by atoms with Crippen molar-refractivity contribution in [2.45, 2.75) is 64.8 Å². The molecule has 3 aliphatic rings. The topological polar surface area (TPSA) is 55.8 Å². The Balaban J connectivity index is 1.82. The van der Waals surface area contributed by atoms with Crippen LogP contribution < -0.4 is 0 Å². The molecule has 146 valence electrons. The van der Waals surface area contributed by atoms with Crippen LogP contribution in [-0.2, 0) is 25.6 Å². The number of nitrogens with zero attached hydrogens (tertiary/aromatic N) is 1. The van der Waals surface area contributed by atoms with E-state index in [9.17, 15) is 9.59 Å². The highest BCUT2D eigenvalue weighted by Crippen LogP contribution is 2.67. The Morgan fingerprint density at radius 2 is 1.96 bits per heavy atom. The molecule has 1 aromatic carbocycles. The minimum Gasteiger partial charge on any atom is -0.463 e. The van der Waals surface area contributed by atoms with E-state index in [1.54, 1.807) is 6.92 Å². The highest BCUT2D eigenvalue weighted by molar-refractivity contribution is 6.10. The molecule has 0 radical (unpaired) electrons. The van der Waals surface area contributed by atoms with E-state index in [1.165, 1.54) is 0 Å². The Morgan fingerprint density at radius 3 is 2.63 bits per heavy atom. The summed E-state index contributed by atoms with van der Waals surface area (Å²) in [7, 11) is 0. The Hall–Kier alpha value is -1.88. The number of carbonyl (C=O) groups is 2. The van der Waals surface area contributed by atoms with Crippen LogP contribution in [0.15, 0.2) is 30.3 Å². The van der Waals surface area contributed by atoms with E-state index in [-0.39, 0.29) is 18.4 Å². The van der Waals surface area contributed by atoms with Crippen molar-refractivity contribution in [3.05, 3.63) is 35.9 Å². The van der Waals surface area contributed by atoms with Gasteiger partial charge in [-0.15, -0.1) is 0 Å². The quantitative estimate of drug-likeness (QED) is 0.600. The fourth-order valence-electron chi connectivity index (χ4n) is 5.73. The number of esters is 1. The zero-order valence-corrected chi connectivity index (χ0v) is 16.7. The van der Waals surface area contributed by atoms with E-state index in [0.29, 0.717) is 12.5 Å². The number of benzene rings is 1. The van der Waals surface area contributed by atoms with E-state index in [2.05, 4.69) is 6.92 Å². The Labute approximate surface area is 161 Å². The minimum absolute atomic E-state index is 0.118. The summed E-state index contributed by atoms with van der Waals surface area (Å²) < 4.78 is 11.9. The summed E-state index contributed by atoms with van der Waals surface area (Å²) >= 11 is 0. The van der Waals surface area contributed by atoms with E-state index >= 15 is 0 Å². The first-order valence-corrected chi connectivity index (χ1v) is 10.0. The van der Waals surface area contributed by atoms with Crippen molar-refractivity contribution in [3.63, 3.8) is 0 Å². The summed E-state index contributed by atoms with van der Waals surface area (Å²) in [6, 6.07) is 9.93. The van der Waals surface area contributed by atoms with Gasteiger partial charge in [-0.3, -0.25) is 4.79 Å². The van der Waals surface area contributed by atoms with Crippen LogP contribution in [-0.4, -0.2) is 34.7 Å². The lowest BCUT2D eigenvalue weighted by Gasteiger charge is -2.52. The van der Waals surface area contributed by atoms with Gasteiger partial charge in [-0.25, -0.2) is 4.79 Å². The monoisotopic (exact) mass is 371 g/mol. The number of hydrogen-bond donors (Lipinski definition) is 0. The Bertz CT molecular complexity index is 761. The summed E-state index contributed by atoms with van der Waals surface area (Å²) in [6.07, 6.45) is 2.81. The summed E-state index contributed by atoms with van der Waals surface area (Å²) in [4.78, 5) is 28.6. The van der Waals surface area contributed by atoms with E-state index in [4.69, 9.17) is 9.47 Å². The lowest BCUT2D eigenvalue weighted by Crippen LogP contribution is -2.66. The Kier molecular flexibility index (Phi) is 4.15. The molecule has 0 N–H and O–H groups in total. The molecule has 27 heavy (non-hydrogen) atoms. The third-order valence-corrected chi connectivity index (χ3v) is 6.99. The zero-order chi connectivity index (χ0) is 19.4. The van der Waals surface area contributed by atoms with Gasteiger partial charge < -0.3 is 14.4 Å². The number of amides is 1. The number of hydrogen-bond acceptors (Lipinski definition) is 4. The van der Waals surface area contributed by atoms with Crippen LogP contribution in [0.5, 0.6) is 0 Å². The Morgan fingerprint density at radius 1 is 1.26 bits per heavy atom. The van der Waals surface area contributed by atoms with Crippen LogP contribution in [0, 0.1) is 17.3 Å². The number of piperidine rings is 1. The summed E-state index contributed by atoms with van der Waals surface area (Å²) in [6.45, 7) is 8.67. The van der Waals surface area contributed by atoms with E-state index in [1.807, 2.05) is 49.1 Å². The fourth-order valence-corrected chi connectivity index (χ4v) is 5.73. The maximum absolute atomic E-state index is 13.7. The molecule has 4 rings (SSSR count). The van der Waals surface area contributed by atoms with Crippen molar-refractivity contribution >= 4 is 11.9 Å². The van der Waals surface area contributed by atoms with E-state index < -0.39 is 22.7 Å². The molecule has 0 unspecified atom stereocenters. The molecule has 1 saturated carbocycles. The standard InChI is InChI=1S/C22H29NO4/c1-5-26-19(25)22-18(24)23(14-16-9-7-6-8-10-16)21(27-22)13-15(2)11-12-17(21)20(22,3)4/h6-10,15,17H,5,11-14H2,1-4H3/t15-,17-,21+,22+/m0/s1. The number of likely N-dealkylation sites (tertiary alicyclic amines) is 1. The maximum Gasteiger partial charge on any atom is 0.349 e. The number of fused-ring (bicyclic) bond motifs is 1. The molecule has 2 heterocycles. The molecule has 2 saturated heterocycles. The summed E-state index contributed by atoms with van der Waals surface area (Å²) in [5.41, 5.74) is -1.80. The van der Waals surface area contributed by atoms with Crippen molar-refractivity contribution in [3.8, 4) is 0 Å². The molecule has 0 aromatic heterocycles. The third kappa shape index (κ3) is 2.27. The van der Waals surface area contributed by atoms with Crippen LogP contribution in [0.25, 0.3) is 0 Å². The fraction of sp³-hybridized carbons (Fsp3) is 0.636. The van der Waals surface area contributed by atoms with Crippen LogP contribution in [0.4, 0.5) is 0 Å². The molecule has 1 amide bonds. The average molecular weight is 371 g/mol. The minimum atomic E-state index is -1.54. The largest absolute Gasteiger partial charge is 0.463 e. The lowest BCUT2D eigenvalue weighted by atomic mass is 9.58. The van der Waals surface area contributed by atoms with Gasteiger partial charge in [0.2, 0.25) is 0 Å². The molecule has 2 aliphatic heterocycles. The SMILES string of the molecule is CCOC(=O)[C@@]12O[C@@]3(C[C@@H](C)CC[C@H]3C1(C)C)N(Cc1ccccc1)C2=O. The molecule has 3 fully saturated rings. The molecule has 2 bridgehead atoms. The first-order chi connectivity index (χ1) is 12.8. The maximum atomic E-state index is 13.7. The average Bonchev–Trinajstić information content (AvgIpc) is 2.99. The van der Waals surface area contributed by atoms with Crippen molar-refractivity contribution in [2.75, 3.05) is 6.61 Å². The lowest BCUT2D eigenvalue weighted by molar-refractivity contribution is -0.180. The molecule has 1 aromatic rings. The first kappa shape index (κ1) is 18.5. The second-order valence-electron chi connectivity index (χ2n) is 8.89. The molecule has 5 nitrogen and oxygen atoms in total. The van der Waals surface area contributed by atoms with Crippen LogP contribution in [0.2, 0.25) is 0 Å². The number of rotatable bonds is 4. The van der Waals surface area contributed by atoms with Gasteiger partial charge >= 0.3 is 5.97 Å². The van der Waals surface area contributed by atoms with Gasteiger partial charge in [0, 0.05) is 17.9 Å². The van der Waals surface area contributed by atoms with Crippen molar-refractivity contribution in [2.24, 2.45) is 17.3 Å². The predicted molar refractivity (Wildman–Crippen MR) is 100 cm³/mol. The summed E-state index contributed by atoms with van der Waals surface area (Å²) in [5, 5.41) is 0. The number of ether oxygens (including phenoxy) is 2. The smallest absolute Gasteiger partial charge is 0.349 e. The van der Waals surface area contributed by atoms with Crippen LogP contribution in [0.3, 0.4) is 0 Å². The normalized spacial score (nSPS) is 36.6. The van der Waals surface area contributed by atoms with Crippen molar-refractivity contribution in [1.82, 2.24) is 4.90 Å². The molecule has 4 atom stereocenters. The van der Waals surface area contributed by atoms with Crippen LogP contribution in [0.1, 0.15) is 52.5 Å². The molecule has 5 heteroatoms. The highest BCUT2D eigenvalue weighted by Gasteiger charge is 2.82. The van der Waals surface area contributed by atoms with Gasteiger partial charge in [0.1, 0.15) is 5.72 Å². The highest BCUT2D eigenvalue weighted by atomic mass is 16.6. The van der Waals surface area contributed by atoms with E-state index in [0.717, 1.165) is 24.8 Å². The molecule has 1 spiro atoms. The third-order valence-electron chi connectivity index (χ3n) is 6.99. The molecule has 1 aliphatic carbocycles. The van der Waals surface area contributed by atoms with Crippen molar-refractivity contribution < 1.29 is 19.1 Å². The van der Waals surface area contributed by atoms with Gasteiger partial charge in [-0.05, 0) is 31.2 Å². The van der Waals surface area contributed by atoms with Gasteiger partial charge in [0.25, 0.3) is 11.5 Å². The molecular weight excluding hydrogens is 342 g/mol. The summed E-state index contributed by atoms with van der Waals surface area (Å²) in [5.74, 6) is -0.205. The second kappa shape index (κ2) is 6.06. The first-order valence-electron chi connectivity index (χ1n) is 10.0. The van der Waals surface area contributed by atoms with Gasteiger partial charge in [0.05, 0.1) is 6.61 Å². The van der Waals surface area contributed by atoms with Gasteiger partial charge in [-0.2, -0.15) is 0 Å². The van der Waals surface area contributed by atoms with Crippen molar-refractivity contribution in [1.29, 1.82) is 0 Å². The van der Waals surface area contributed by atoms with Crippen LogP contribution >= 0.6 is 0 Å². The van der Waals surface area contributed by atoms with Gasteiger partial charge in [-0.1, -0.05) is 57.5 Å². The molecular formula is C22H29NO4. The zero-order valence-electron chi connectivity index (χ0n) is 16.7.